The number of aromatic nitrogens is 1. The SMILES string of the molecule is NC(=O)CCc1cccc(C(=O)Nc2ncccc2Cl)c1. The first-order chi connectivity index (χ1) is 10.1. The minimum atomic E-state index is -0.370. The second-order valence-corrected chi connectivity index (χ2v) is 4.86. The van der Waals surface area contributed by atoms with E-state index in [9.17, 15) is 9.59 Å². The number of hydrogen-bond acceptors (Lipinski definition) is 3. The van der Waals surface area contributed by atoms with Crippen LogP contribution in [0.2, 0.25) is 5.02 Å². The molecule has 2 aromatic rings. The zero-order valence-corrected chi connectivity index (χ0v) is 11.9. The van der Waals surface area contributed by atoms with Gasteiger partial charge in [0.15, 0.2) is 5.82 Å². The fraction of sp³-hybridized carbons (Fsp3) is 0.133. The minimum Gasteiger partial charge on any atom is -0.370 e. The van der Waals surface area contributed by atoms with Gasteiger partial charge in [-0.05, 0) is 36.2 Å². The van der Waals surface area contributed by atoms with Gasteiger partial charge in [-0.1, -0.05) is 23.7 Å². The fourth-order valence-corrected chi connectivity index (χ4v) is 1.96. The summed E-state index contributed by atoms with van der Waals surface area (Å²) in [6.45, 7) is 0. The van der Waals surface area contributed by atoms with Crippen LogP contribution in [0.1, 0.15) is 22.3 Å². The number of nitrogens with zero attached hydrogens (tertiary/aromatic N) is 1. The van der Waals surface area contributed by atoms with Crippen LogP contribution in [0.4, 0.5) is 5.82 Å². The molecule has 0 aliphatic heterocycles. The van der Waals surface area contributed by atoms with Gasteiger partial charge in [-0.25, -0.2) is 4.98 Å². The molecule has 0 spiro atoms. The van der Waals surface area contributed by atoms with Crippen molar-refractivity contribution in [3.63, 3.8) is 0 Å². The summed E-state index contributed by atoms with van der Waals surface area (Å²) in [5, 5.41) is 3.02. The highest BCUT2D eigenvalue weighted by Gasteiger charge is 2.10. The summed E-state index contributed by atoms with van der Waals surface area (Å²) in [6.07, 6.45) is 2.29. The molecule has 0 bridgehead atoms. The molecule has 1 aromatic carbocycles. The van der Waals surface area contributed by atoms with Crippen LogP contribution < -0.4 is 11.1 Å². The van der Waals surface area contributed by atoms with Crippen LogP contribution in [0, 0.1) is 0 Å². The van der Waals surface area contributed by atoms with Gasteiger partial charge in [-0.2, -0.15) is 0 Å². The van der Waals surface area contributed by atoms with Gasteiger partial charge in [0.1, 0.15) is 0 Å². The number of nitrogens with two attached hydrogens (primary N) is 1. The summed E-state index contributed by atoms with van der Waals surface area (Å²) in [4.78, 5) is 26.9. The summed E-state index contributed by atoms with van der Waals surface area (Å²) in [6, 6.07) is 10.3. The van der Waals surface area contributed by atoms with Gasteiger partial charge in [0, 0.05) is 18.2 Å². The number of carbonyl (C=O) groups excluding carboxylic acids is 2. The number of primary amides is 1. The number of benzene rings is 1. The molecule has 5 nitrogen and oxygen atoms in total. The standard InChI is InChI=1S/C15H14ClN3O2/c16-12-5-2-8-18-14(12)19-15(21)11-4-1-3-10(9-11)6-7-13(17)20/h1-5,8-9H,6-7H2,(H2,17,20)(H,18,19,21). The number of pyridine rings is 1. The number of halogens is 1. The molecule has 2 rings (SSSR count). The molecule has 0 saturated carbocycles. The van der Waals surface area contributed by atoms with Crippen LogP contribution >= 0.6 is 11.6 Å². The van der Waals surface area contributed by atoms with Crippen molar-refractivity contribution >= 4 is 29.2 Å². The quantitative estimate of drug-likeness (QED) is 0.889. The van der Waals surface area contributed by atoms with E-state index in [4.69, 9.17) is 17.3 Å². The molecule has 0 saturated heterocycles. The Balaban J connectivity index is 2.11. The van der Waals surface area contributed by atoms with Crippen molar-refractivity contribution in [2.75, 3.05) is 5.32 Å². The topological polar surface area (TPSA) is 85.1 Å². The van der Waals surface area contributed by atoms with Crippen molar-refractivity contribution < 1.29 is 9.59 Å². The predicted molar refractivity (Wildman–Crippen MR) is 81.2 cm³/mol. The van der Waals surface area contributed by atoms with Crippen molar-refractivity contribution in [2.45, 2.75) is 12.8 Å². The Bertz CT molecular complexity index is 673. The second kappa shape index (κ2) is 6.85. The van der Waals surface area contributed by atoms with Crippen LogP contribution in [0.25, 0.3) is 0 Å². The third-order valence-electron chi connectivity index (χ3n) is 2.84. The smallest absolute Gasteiger partial charge is 0.256 e. The molecular weight excluding hydrogens is 290 g/mol. The molecule has 1 aromatic heterocycles. The number of aryl methyl sites for hydroxylation is 1. The first-order valence-electron chi connectivity index (χ1n) is 6.35. The van der Waals surface area contributed by atoms with Crippen molar-refractivity contribution in [1.29, 1.82) is 0 Å². The average Bonchev–Trinajstić information content (AvgIpc) is 2.48. The van der Waals surface area contributed by atoms with E-state index in [1.54, 1.807) is 36.5 Å². The van der Waals surface area contributed by atoms with Crippen LogP contribution in [0.5, 0.6) is 0 Å². The fourth-order valence-electron chi connectivity index (χ4n) is 1.79. The molecule has 0 aliphatic carbocycles. The summed E-state index contributed by atoms with van der Waals surface area (Å²) in [5.41, 5.74) is 6.46. The molecule has 0 radical (unpaired) electrons. The Hall–Kier alpha value is -2.40. The van der Waals surface area contributed by atoms with Crippen molar-refractivity contribution in [1.82, 2.24) is 4.98 Å². The van der Waals surface area contributed by atoms with Crippen molar-refractivity contribution in [3.8, 4) is 0 Å². The molecule has 3 N–H and O–H groups in total. The number of rotatable bonds is 5. The molecule has 6 heteroatoms. The molecule has 108 valence electrons. The third-order valence-corrected chi connectivity index (χ3v) is 3.14. The number of anilines is 1. The molecule has 2 amide bonds. The molecule has 0 fully saturated rings. The lowest BCUT2D eigenvalue weighted by molar-refractivity contribution is -0.117. The lowest BCUT2D eigenvalue weighted by Gasteiger charge is -2.07. The minimum absolute atomic E-state index is 0.247. The molecular formula is C15H14ClN3O2. The predicted octanol–water partition coefficient (Wildman–Crippen LogP) is 2.41. The number of hydrogen-bond donors (Lipinski definition) is 2. The second-order valence-electron chi connectivity index (χ2n) is 4.45. The summed E-state index contributed by atoms with van der Waals surface area (Å²) < 4.78 is 0. The van der Waals surface area contributed by atoms with Crippen molar-refractivity contribution in [2.24, 2.45) is 5.73 Å². The number of nitrogens with one attached hydrogen (secondary N) is 1. The van der Waals surface area contributed by atoms with Gasteiger partial charge in [0.25, 0.3) is 5.91 Å². The zero-order chi connectivity index (χ0) is 15.2. The lowest BCUT2D eigenvalue weighted by Crippen LogP contribution is -2.14. The highest BCUT2D eigenvalue weighted by molar-refractivity contribution is 6.33. The van der Waals surface area contributed by atoms with E-state index < -0.39 is 0 Å². The first kappa shape index (κ1) is 15.0. The van der Waals surface area contributed by atoms with E-state index in [0.717, 1.165) is 5.56 Å². The van der Waals surface area contributed by atoms with E-state index in [2.05, 4.69) is 10.3 Å². The Morgan fingerprint density at radius 1 is 1.24 bits per heavy atom. The van der Waals surface area contributed by atoms with E-state index in [1.165, 1.54) is 0 Å². The van der Waals surface area contributed by atoms with E-state index >= 15 is 0 Å². The maximum atomic E-state index is 12.2. The normalized spacial score (nSPS) is 10.1. The lowest BCUT2D eigenvalue weighted by atomic mass is 10.1. The van der Waals surface area contributed by atoms with Crippen molar-refractivity contribution in [3.05, 3.63) is 58.7 Å². The maximum absolute atomic E-state index is 12.2. The Labute approximate surface area is 127 Å². The van der Waals surface area contributed by atoms with Gasteiger partial charge in [-0.3, -0.25) is 9.59 Å². The number of carbonyl (C=O) groups is 2. The molecule has 0 unspecified atom stereocenters. The van der Waals surface area contributed by atoms with Crippen LogP contribution in [0.15, 0.2) is 42.6 Å². The van der Waals surface area contributed by atoms with Gasteiger partial charge >= 0.3 is 0 Å². The highest BCUT2D eigenvalue weighted by Crippen LogP contribution is 2.18. The van der Waals surface area contributed by atoms with E-state index in [1.807, 2.05) is 6.07 Å². The summed E-state index contributed by atoms with van der Waals surface area (Å²) in [5.74, 6) is -0.367. The Morgan fingerprint density at radius 2 is 2.05 bits per heavy atom. The zero-order valence-electron chi connectivity index (χ0n) is 11.2. The molecule has 1 heterocycles. The van der Waals surface area contributed by atoms with Crippen LogP contribution in [-0.4, -0.2) is 16.8 Å². The Morgan fingerprint density at radius 3 is 2.76 bits per heavy atom. The largest absolute Gasteiger partial charge is 0.370 e. The first-order valence-corrected chi connectivity index (χ1v) is 6.73. The average molecular weight is 304 g/mol. The molecule has 0 atom stereocenters. The Kier molecular flexibility index (Phi) is 4.90. The maximum Gasteiger partial charge on any atom is 0.256 e. The summed E-state index contributed by atoms with van der Waals surface area (Å²) in [7, 11) is 0. The highest BCUT2D eigenvalue weighted by atomic mass is 35.5. The van der Waals surface area contributed by atoms with E-state index in [-0.39, 0.29) is 18.2 Å². The summed E-state index contributed by atoms with van der Waals surface area (Å²) >= 11 is 5.94. The van der Waals surface area contributed by atoms with Gasteiger partial charge in [0.2, 0.25) is 5.91 Å². The number of amides is 2. The third kappa shape index (κ3) is 4.29. The van der Waals surface area contributed by atoms with Crippen LogP contribution in [0.3, 0.4) is 0 Å². The van der Waals surface area contributed by atoms with Gasteiger partial charge < -0.3 is 11.1 Å². The molecule has 0 aliphatic rings. The molecule has 21 heavy (non-hydrogen) atoms. The van der Waals surface area contributed by atoms with Gasteiger partial charge in [0.05, 0.1) is 5.02 Å². The van der Waals surface area contributed by atoms with Gasteiger partial charge in [-0.15, -0.1) is 0 Å². The van der Waals surface area contributed by atoms with Crippen LogP contribution in [-0.2, 0) is 11.2 Å². The monoisotopic (exact) mass is 303 g/mol. The van der Waals surface area contributed by atoms with E-state index in [0.29, 0.717) is 22.8 Å².